The maximum absolute atomic E-state index is 12.6. The minimum absolute atomic E-state index is 0.211. The Labute approximate surface area is 146 Å². The van der Waals surface area contributed by atoms with Gasteiger partial charge in [-0.3, -0.25) is 0 Å². The molecule has 1 aromatic carbocycles. The molecule has 0 unspecified atom stereocenters. The number of ether oxygens (including phenoxy) is 2. The van der Waals surface area contributed by atoms with Crippen LogP contribution in [0, 0.1) is 0 Å². The van der Waals surface area contributed by atoms with Crippen molar-refractivity contribution in [2.75, 3.05) is 14.2 Å². The third-order valence-corrected chi connectivity index (χ3v) is 4.37. The molecule has 1 aromatic rings. The van der Waals surface area contributed by atoms with E-state index in [-0.39, 0.29) is 5.76 Å². The smallest absolute Gasteiger partial charge is 0.358 e. The molecule has 0 amide bonds. The summed E-state index contributed by atoms with van der Waals surface area (Å²) in [5.41, 5.74) is 0.706. The van der Waals surface area contributed by atoms with Crippen molar-refractivity contribution in [2.45, 2.75) is 39.3 Å². The van der Waals surface area contributed by atoms with Gasteiger partial charge in [0.15, 0.2) is 5.76 Å². The molecule has 0 atom stereocenters. The van der Waals surface area contributed by atoms with Gasteiger partial charge in [0.1, 0.15) is 11.5 Å². The highest BCUT2D eigenvalue weighted by atomic mass is 28.4. The molecule has 7 heteroatoms. The van der Waals surface area contributed by atoms with Crippen molar-refractivity contribution in [3.63, 3.8) is 0 Å². The first-order chi connectivity index (χ1) is 10.9. The lowest BCUT2D eigenvalue weighted by Gasteiger charge is -2.24. The Morgan fingerprint density at radius 2 is 1.50 bits per heavy atom. The average molecular weight is 369 g/mol. The second-order valence-corrected chi connectivity index (χ2v) is 16.2. The molecule has 0 bridgehead atoms. The quantitative estimate of drug-likeness (QED) is 0.408. The van der Waals surface area contributed by atoms with Gasteiger partial charge in [-0.1, -0.05) is 0 Å². The molecule has 1 rings (SSSR count). The lowest BCUT2D eigenvalue weighted by molar-refractivity contribution is -0.133. The zero-order valence-electron chi connectivity index (χ0n) is 15.9. The Morgan fingerprint density at radius 3 is 1.96 bits per heavy atom. The second kappa shape index (κ2) is 7.89. The summed E-state index contributed by atoms with van der Waals surface area (Å²) < 4.78 is 22.2. The molecule has 24 heavy (non-hydrogen) atoms. The first-order valence-corrected chi connectivity index (χ1v) is 14.6. The molecule has 0 aliphatic heterocycles. The van der Waals surface area contributed by atoms with Crippen LogP contribution in [0.3, 0.4) is 0 Å². The number of rotatable bonds is 7. The van der Waals surface area contributed by atoms with E-state index in [1.54, 1.807) is 38.5 Å². The molecule has 0 aliphatic carbocycles. The molecule has 0 saturated carbocycles. The van der Waals surface area contributed by atoms with Gasteiger partial charge < -0.3 is 18.3 Å². The minimum atomic E-state index is -2.03. The third-order valence-electron chi connectivity index (χ3n) is 2.74. The largest absolute Gasteiger partial charge is 0.539 e. The van der Waals surface area contributed by atoms with Gasteiger partial charge in [0.05, 0.1) is 14.2 Å². The van der Waals surface area contributed by atoms with Crippen LogP contribution >= 0.6 is 0 Å². The molecule has 0 aromatic heterocycles. The first-order valence-electron chi connectivity index (χ1n) is 7.81. The van der Waals surface area contributed by atoms with Crippen LogP contribution in [0.15, 0.2) is 24.0 Å². The standard InChI is InChI=1S/C17H28O5Si2/c1-19-14-9-10-15(20-2)13(11-14)12-16(21-23(3,4)5)17(18)22-24(6,7)8/h9-12H,1-8H3/b16-12+. The van der Waals surface area contributed by atoms with Gasteiger partial charge >= 0.3 is 5.97 Å². The van der Waals surface area contributed by atoms with Crippen molar-refractivity contribution in [3.05, 3.63) is 29.5 Å². The number of carbonyl (C=O) groups is 1. The van der Waals surface area contributed by atoms with Crippen LogP contribution in [-0.4, -0.2) is 36.8 Å². The van der Waals surface area contributed by atoms with E-state index in [0.717, 1.165) is 0 Å². The Morgan fingerprint density at radius 1 is 0.917 bits per heavy atom. The summed E-state index contributed by atoms with van der Waals surface area (Å²) in [5.74, 6) is 1.09. The SMILES string of the molecule is COc1ccc(OC)c(/C=C(/O[Si](C)(C)C)C(=O)O[Si](C)(C)C)c1. The highest BCUT2D eigenvalue weighted by Gasteiger charge is 2.27. The summed E-state index contributed by atoms with van der Waals surface area (Å²) in [6, 6.07) is 5.39. The van der Waals surface area contributed by atoms with Crippen LogP contribution < -0.4 is 9.47 Å². The molecule has 0 spiro atoms. The van der Waals surface area contributed by atoms with E-state index >= 15 is 0 Å². The van der Waals surface area contributed by atoms with Gasteiger partial charge in [0.25, 0.3) is 0 Å². The maximum atomic E-state index is 12.6. The molecule has 0 fully saturated rings. The fourth-order valence-electron chi connectivity index (χ4n) is 1.88. The monoisotopic (exact) mass is 368 g/mol. The molecule has 0 N–H and O–H groups in total. The normalized spacial score (nSPS) is 12.6. The number of carbonyl (C=O) groups excluding carboxylic acids is 1. The molecule has 134 valence electrons. The molecule has 0 radical (unpaired) electrons. The van der Waals surface area contributed by atoms with Gasteiger partial charge in [-0.25, -0.2) is 4.79 Å². The minimum Gasteiger partial charge on any atom is -0.539 e. The fraction of sp³-hybridized carbons (Fsp3) is 0.471. The summed E-state index contributed by atoms with van der Waals surface area (Å²) in [4.78, 5) is 12.6. The van der Waals surface area contributed by atoms with Crippen LogP contribution in [0.25, 0.3) is 6.08 Å². The predicted molar refractivity (Wildman–Crippen MR) is 101 cm³/mol. The molecular formula is C17H28O5Si2. The van der Waals surface area contributed by atoms with Crippen LogP contribution in [-0.2, 0) is 13.6 Å². The van der Waals surface area contributed by atoms with E-state index in [9.17, 15) is 4.79 Å². The van der Waals surface area contributed by atoms with E-state index in [4.69, 9.17) is 18.3 Å². The molecular weight excluding hydrogens is 340 g/mol. The highest BCUT2D eigenvalue weighted by molar-refractivity contribution is 6.72. The number of methoxy groups -OCH3 is 2. The van der Waals surface area contributed by atoms with Gasteiger partial charge in [-0.05, 0) is 63.6 Å². The molecule has 0 saturated heterocycles. The zero-order valence-corrected chi connectivity index (χ0v) is 17.9. The van der Waals surface area contributed by atoms with E-state index in [0.29, 0.717) is 17.1 Å². The Bertz CT molecular complexity index is 612. The van der Waals surface area contributed by atoms with Crippen molar-refractivity contribution < 1.29 is 23.1 Å². The second-order valence-electron chi connectivity index (χ2n) is 7.33. The predicted octanol–water partition coefficient (Wildman–Crippen LogP) is 4.27. The number of hydrogen-bond acceptors (Lipinski definition) is 5. The number of hydrogen-bond donors (Lipinski definition) is 0. The fourth-order valence-corrected chi connectivity index (χ4v) is 3.34. The summed E-state index contributed by atoms with van der Waals surface area (Å²) in [6.07, 6.45) is 1.67. The van der Waals surface area contributed by atoms with Crippen LogP contribution in [0.1, 0.15) is 5.56 Å². The van der Waals surface area contributed by atoms with Gasteiger partial charge in [-0.2, -0.15) is 0 Å². The zero-order chi connectivity index (χ0) is 18.5. The van der Waals surface area contributed by atoms with Crippen molar-refractivity contribution in [1.82, 2.24) is 0 Å². The summed E-state index contributed by atoms with van der Waals surface area (Å²) in [7, 11) is -0.840. The van der Waals surface area contributed by atoms with Crippen molar-refractivity contribution in [3.8, 4) is 11.5 Å². The highest BCUT2D eigenvalue weighted by Crippen LogP contribution is 2.27. The molecule has 5 nitrogen and oxygen atoms in total. The van der Waals surface area contributed by atoms with Crippen molar-refractivity contribution in [2.24, 2.45) is 0 Å². The summed E-state index contributed by atoms with van der Waals surface area (Å²) >= 11 is 0. The molecule has 0 aliphatic rings. The van der Waals surface area contributed by atoms with E-state index in [2.05, 4.69) is 0 Å². The van der Waals surface area contributed by atoms with Gasteiger partial charge in [0.2, 0.25) is 16.6 Å². The summed E-state index contributed by atoms with van der Waals surface area (Å²) in [5, 5.41) is 0. The van der Waals surface area contributed by atoms with Gasteiger partial charge in [-0.15, -0.1) is 0 Å². The average Bonchev–Trinajstić information content (AvgIpc) is 2.43. The maximum Gasteiger partial charge on any atom is 0.358 e. The van der Waals surface area contributed by atoms with Crippen molar-refractivity contribution >= 4 is 28.7 Å². The Kier molecular flexibility index (Phi) is 6.68. The Balaban J connectivity index is 3.32. The number of benzene rings is 1. The Hall–Kier alpha value is -1.74. The van der Waals surface area contributed by atoms with Crippen LogP contribution in [0.2, 0.25) is 39.3 Å². The lowest BCUT2D eigenvalue weighted by Crippen LogP contribution is -2.33. The molecule has 0 heterocycles. The van der Waals surface area contributed by atoms with Gasteiger partial charge in [0, 0.05) is 5.56 Å². The first kappa shape index (κ1) is 20.3. The van der Waals surface area contributed by atoms with Crippen LogP contribution in [0.4, 0.5) is 0 Å². The third kappa shape index (κ3) is 6.80. The topological polar surface area (TPSA) is 54.0 Å². The summed E-state index contributed by atoms with van der Waals surface area (Å²) in [6.45, 7) is 11.9. The lowest BCUT2D eigenvalue weighted by atomic mass is 10.1. The van der Waals surface area contributed by atoms with Crippen LogP contribution in [0.5, 0.6) is 11.5 Å². The van der Waals surface area contributed by atoms with E-state index in [1.165, 1.54) is 0 Å². The van der Waals surface area contributed by atoms with E-state index < -0.39 is 22.6 Å². The van der Waals surface area contributed by atoms with E-state index in [1.807, 2.05) is 39.3 Å². The van der Waals surface area contributed by atoms with Crippen molar-refractivity contribution in [1.29, 1.82) is 0 Å².